The van der Waals surface area contributed by atoms with Gasteiger partial charge in [-0.05, 0) is 83.1 Å². The number of rotatable bonds is 3. The number of pyridine rings is 3. The Morgan fingerprint density at radius 1 is 0.917 bits per heavy atom. The first kappa shape index (κ1) is 22.6. The Bertz CT molecular complexity index is 1630. The monoisotopic (exact) mass is 494 g/mol. The van der Waals surface area contributed by atoms with Crippen LogP contribution in [-0.2, 0) is 5.41 Å². The third kappa shape index (κ3) is 3.99. The summed E-state index contributed by atoms with van der Waals surface area (Å²) in [6.07, 6.45) is 6.48. The van der Waals surface area contributed by atoms with Crippen LogP contribution in [0.25, 0.3) is 44.5 Å². The molecule has 0 saturated heterocycles. The van der Waals surface area contributed by atoms with Crippen LogP contribution >= 0.6 is 11.6 Å². The van der Waals surface area contributed by atoms with Crippen molar-refractivity contribution < 1.29 is 4.39 Å². The summed E-state index contributed by atoms with van der Waals surface area (Å²) in [4.78, 5) is 13.7. The van der Waals surface area contributed by atoms with E-state index < -0.39 is 0 Å². The van der Waals surface area contributed by atoms with Gasteiger partial charge in [0.15, 0.2) is 5.65 Å². The van der Waals surface area contributed by atoms with Crippen LogP contribution in [0.3, 0.4) is 0 Å². The summed E-state index contributed by atoms with van der Waals surface area (Å²) in [5.74, 6) is -0.384. The van der Waals surface area contributed by atoms with Crippen molar-refractivity contribution in [1.29, 1.82) is 0 Å². The van der Waals surface area contributed by atoms with Crippen molar-refractivity contribution in [1.82, 2.24) is 15.0 Å². The zero-order valence-corrected chi connectivity index (χ0v) is 20.8. The van der Waals surface area contributed by atoms with Gasteiger partial charge in [-0.25, -0.2) is 14.4 Å². The van der Waals surface area contributed by atoms with Gasteiger partial charge >= 0.3 is 0 Å². The molecule has 1 N–H and O–H groups in total. The van der Waals surface area contributed by atoms with Gasteiger partial charge in [0, 0.05) is 57.9 Å². The van der Waals surface area contributed by atoms with Crippen LogP contribution in [0, 0.1) is 5.82 Å². The molecule has 0 radical (unpaired) electrons. The van der Waals surface area contributed by atoms with E-state index in [1.165, 1.54) is 23.4 Å². The summed E-state index contributed by atoms with van der Waals surface area (Å²) in [6.45, 7) is 5.56. The summed E-state index contributed by atoms with van der Waals surface area (Å²) in [7, 11) is 0. The number of nitrogens with zero attached hydrogens (tertiary/aromatic N) is 3. The first-order valence-corrected chi connectivity index (χ1v) is 12.3. The highest BCUT2D eigenvalue weighted by Crippen LogP contribution is 2.40. The SMILES string of the molecule is CC1(C)CCNc2ccc(-c3cncc(-c4cc(-c5cc(Cl)ccc5F)nc5ncccc45)c3)cc21. The van der Waals surface area contributed by atoms with Crippen LogP contribution in [0.1, 0.15) is 25.8 Å². The van der Waals surface area contributed by atoms with Gasteiger partial charge in [0.2, 0.25) is 0 Å². The molecule has 0 atom stereocenters. The highest BCUT2D eigenvalue weighted by atomic mass is 35.5. The lowest BCUT2D eigenvalue weighted by molar-refractivity contribution is 0.482. The van der Waals surface area contributed by atoms with Crippen molar-refractivity contribution in [2.24, 2.45) is 0 Å². The zero-order chi connectivity index (χ0) is 24.9. The fourth-order valence-corrected chi connectivity index (χ4v) is 5.13. The lowest BCUT2D eigenvalue weighted by Crippen LogP contribution is -2.28. The maximum absolute atomic E-state index is 14.7. The Balaban J connectivity index is 1.51. The Labute approximate surface area is 214 Å². The summed E-state index contributed by atoms with van der Waals surface area (Å²) >= 11 is 6.18. The molecule has 1 aliphatic rings. The van der Waals surface area contributed by atoms with E-state index in [4.69, 9.17) is 11.6 Å². The fraction of sp³-hybridized carbons (Fsp3) is 0.167. The molecule has 0 aliphatic carbocycles. The highest BCUT2D eigenvalue weighted by Gasteiger charge is 2.27. The molecule has 6 heteroatoms. The molecule has 0 amide bonds. The number of nitrogens with one attached hydrogen (secondary N) is 1. The minimum absolute atomic E-state index is 0.102. The van der Waals surface area contributed by atoms with Gasteiger partial charge in [0.1, 0.15) is 5.82 Å². The van der Waals surface area contributed by atoms with Crippen LogP contribution in [0.5, 0.6) is 0 Å². The maximum atomic E-state index is 14.7. The smallest absolute Gasteiger partial charge is 0.160 e. The Morgan fingerprint density at radius 2 is 1.78 bits per heavy atom. The van der Waals surface area contributed by atoms with Gasteiger partial charge < -0.3 is 5.32 Å². The molecule has 5 aromatic rings. The van der Waals surface area contributed by atoms with E-state index in [9.17, 15) is 4.39 Å². The predicted octanol–water partition coefficient (Wildman–Crippen LogP) is 7.91. The maximum Gasteiger partial charge on any atom is 0.160 e. The van der Waals surface area contributed by atoms with Crippen molar-refractivity contribution in [3.63, 3.8) is 0 Å². The Kier molecular flexibility index (Phi) is 5.45. The molecule has 6 rings (SSSR count). The molecule has 0 bridgehead atoms. The molecule has 4 nitrogen and oxygen atoms in total. The fourth-order valence-electron chi connectivity index (χ4n) is 4.96. The number of aromatic nitrogens is 3. The van der Waals surface area contributed by atoms with Gasteiger partial charge in [-0.1, -0.05) is 31.5 Å². The number of benzene rings is 2. The number of halogens is 2. The molecule has 0 saturated carbocycles. The summed E-state index contributed by atoms with van der Waals surface area (Å²) in [5, 5.41) is 4.84. The van der Waals surface area contributed by atoms with Crippen molar-refractivity contribution >= 4 is 28.3 Å². The molecule has 0 unspecified atom stereocenters. The lowest BCUT2D eigenvalue weighted by atomic mass is 9.77. The largest absolute Gasteiger partial charge is 0.385 e. The first-order valence-electron chi connectivity index (χ1n) is 11.9. The van der Waals surface area contributed by atoms with E-state index in [-0.39, 0.29) is 11.2 Å². The number of hydrogen-bond donors (Lipinski definition) is 1. The van der Waals surface area contributed by atoms with Crippen LogP contribution < -0.4 is 5.32 Å². The van der Waals surface area contributed by atoms with Crippen molar-refractivity contribution in [2.45, 2.75) is 25.7 Å². The first-order chi connectivity index (χ1) is 17.4. The van der Waals surface area contributed by atoms with Crippen molar-refractivity contribution in [3.8, 4) is 33.5 Å². The van der Waals surface area contributed by atoms with Crippen molar-refractivity contribution in [2.75, 3.05) is 11.9 Å². The van der Waals surface area contributed by atoms with Crippen LogP contribution in [-0.4, -0.2) is 21.5 Å². The molecular formula is C30H24ClFN4. The molecule has 3 aromatic heterocycles. The van der Waals surface area contributed by atoms with Gasteiger partial charge in [-0.15, -0.1) is 0 Å². The molecular weight excluding hydrogens is 471 g/mol. The zero-order valence-electron chi connectivity index (χ0n) is 20.0. The Morgan fingerprint density at radius 3 is 2.67 bits per heavy atom. The van der Waals surface area contributed by atoms with Gasteiger partial charge in [0.05, 0.1) is 5.69 Å². The normalized spacial score (nSPS) is 14.3. The van der Waals surface area contributed by atoms with Gasteiger partial charge in [-0.2, -0.15) is 0 Å². The molecule has 178 valence electrons. The molecule has 0 fully saturated rings. The van der Waals surface area contributed by atoms with E-state index in [2.05, 4.69) is 58.4 Å². The molecule has 36 heavy (non-hydrogen) atoms. The summed E-state index contributed by atoms with van der Waals surface area (Å²) < 4.78 is 14.7. The number of fused-ring (bicyclic) bond motifs is 2. The van der Waals surface area contributed by atoms with Gasteiger partial charge in [-0.3, -0.25) is 4.98 Å². The third-order valence-electron chi connectivity index (χ3n) is 6.99. The minimum Gasteiger partial charge on any atom is -0.385 e. The summed E-state index contributed by atoms with van der Waals surface area (Å²) in [5.41, 5.74) is 7.88. The second kappa shape index (κ2) is 8.68. The van der Waals surface area contributed by atoms with E-state index in [1.54, 1.807) is 12.3 Å². The van der Waals surface area contributed by atoms with E-state index in [0.717, 1.165) is 40.6 Å². The average molecular weight is 495 g/mol. The molecule has 2 aromatic carbocycles. The molecule has 4 heterocycles. The second-order valence-electron chi connectivity index (χ2n) is 9.84. The topological polar surface area (TPSA) is 50.7 Å². The minimum atomic E-state index is -0.384. The van der Waals surface area contributed by atoms with E-state index in [1.807, 2.05) is 30.6 Å². The van der Waals surface area contributed by atoms with Crippen LogP contribution in [0.2, 0.25) is 5.02 Å². The quantitative estimate of drug-likeness (QED) is 0.277. The van der Waals surface area contributed by atoms with Crippen molar-refractivity contribution in [3.05, 3.63) is 95.7 Å². The standard InChI is InChI=1S/C30H24ClFN4/c1-30(2)9-11-34-27-8-5-18(13-25(27)30)19-12-20(17-33-16-19)23-15-28(24-14-21(31)6-7-26(24)32)36-29-22(23)4-3-10-35-29/h3-8,10,12-17,34H,9,11H2,1-2H3. The number of anilines is 1. The molecule has 0 spiro atoms. The highest BCUT2D eigenvalue weighted by molar-refractivity contribution is 6.30. The second-order valence-corrected chi connectivity index (χ2v) is 10.3. The van der Waals surface area contributed by atoms with E-state index in [0.29, 0.717) is 21.9 Å². The van der Waals surface area contributed by atoms with Crippen LogP contribution in [0.15, 0.2) is 79.3 Å². The Hall–Kier alpha value is -3.83. The van der Waals surface area contributed by atoms with E-state index >= 15 is 0 Å². The predicted molar refractivity (Wildman–Crippen MR) is 145 cm³/mol. The average Bonchev–Trinajstić information content (AvgIpc) is 2.89. The lowest BCUT2D eigenvalue weighted by Gasteiger charge is -2.33. The van der Waals surface area contributed by atoms with Crippen LogP contribution in [0.4, 0.5) is 10.1 Å². The van der Waals surface area contributed by atoms with Gasteiger partial charge in [0.25, 0.3) is 0 Å². The third-order valence-corrected chi connectivity index (χ3v) is 7.22. The summed E-state index contributed by atoms with van der Waals surface area (Å²) in [6, 6.07) is 18.9. The number of hydrogen-bond acceptors (Lipinski definition) is 4. The molecule has 1 aliphatic heterocycles.